The average Bonchev–Trinajstić information content (AvgIpc) is 2.42. The van der Waals surface area contributed by atoms with E-state index in [-0.39, 0.29) is 5.69 Å². The Bertz CT molecular complexity index is 193. The number of hydrogen-bond acceptors (Lipinski definition) is 4. The van der Waals surface area contributed by atoms with Crippen molar-refractivity contribution in [1.29, 1.82) is 0 Å². The Morgan fingerprint density at radius 1 is 1.70 bits per heavy atom. The Morgan fingerprint density at radius 3 is 2.50 bits per heavy atom. The van der Waals surface area contributed by atoms with Crippen molar-refractivity contribution >= 4 is 12.8 Å². The van der Waals surface area contributed by atoms with Gasteiger partial charge in [-0.1, -0.05) is 5.16 Å². The van der Waals surface area contributed by atoms with Crippen LogP contribution in [0.1, 0.15) is 10.5 Å². The van der Waals surface area contributed by atoms with Crippen molar-refractivity contribution in [2.24, 2.45) is 0 Å². The number of carboxylic acids is 1. The van der Waals surface area contributed by atoms with Gasteiger partial charge in [-0.15, -0.1) is 0 Å². The topological polar surface area (TPSA) is 80.4 Å². The zero-order valence-corrected chi connectivity index (χ0v) is 4.98. The molecule has 0 fully saturated rings. The van der Waals surface area contributed by atoms with E-state index < -0.39 is 5.97 Å². The smallest absolute Gasteiger partial charge is 0.358 e. The molecule has 1 N–H and O–H groups in total. The molecule has 1 aromatic heterocycles. The van der Waals surface area contributed by atoms with Gasteiger partial charge in [-0.05, 0) is 0 Å². The minimum atomic E-state index is -1.07. The summed E-state index contributed by atoms with van der Waals surface area (Å²) < 4.78 is 4.24. The van der Waals surface area contributed by atoms with Crippen LogP contribution in [0.4, 0.5) is 0 Å². The van der Waals surface area contributed by atoms with E-state index in [0.717, 1.165) is 0 Å². The third-order valence-electron chi connectivity index (χ3n) is 0.657. The molecule has 1 aromatic rings. The first-order valence-electron chi connectivity index (χ1n) is 2.23. The molecular formula is C5H5NO4. The fraction of sp³-hybridized carbons (Fsp3) is 0. The van der Waals surface area contributed by atoms with Gasteiger partial charge >= 0.3 is 5.97 Å². The van der Waals surface area contributed by atoms with Crippen molar-refractivity contribution in [2.45, 2.75) is 0 Å². The van der Waals surface area contributed by atoms with Crippen LogP contribution in [0.5, 0.6) is 0 Å². The summed E-state index contributed by atoms with van der Waals surface area (Å²) in [6.45, 7) is 2.00. The van der Waals surface area contributed by atoms with Crippen LogP contribution in [0, 0.1) is 0 Å². The summed E-state index contributed by atoms with van der Waals surface area (Å²) in [6.07, 6.45) is 1.21. The number of nitrogens with zero attached hydrogens (tertiary/aromatic N) is 1. The molecule has 0 spiro atoms. The Hall–Kier alpha value is -1.65. The third kappa shape index (κ3) is 2.08. The second-order valence-electron chi connectivity index (χ2n) is 1.19. The highest BCUT2D eigenvalue weighted by atomic mass is 16.5. The first kappa shape index (κ1) is 8.35. The number of aromatic nitrogens is 1. The maximum Gasteiger partial charge on any atom is 0.358 e. The summed E-state index contributed by atoms with van der Waals surface area (Å²) in [5.74, 6) is -1.07. The molecule has 0 aromatic carbocycles. The van der Waals surface area contributed by atoms with Gasteiger partial charge in [-0.2, -0.15) is 0 Å². The zero-order valence-electron chi connectivity index (χ0n) is 4.98. The van der Waals surface area contributed by atoms with Gasteiger partial charge in [0.1, 0.15) is 13.1 Å². The van der Waals surface area contributed by atoms with E-state index in [4.69, 9.17) is 9.90 Å². The lowest BCUT2D eigenvalue weighted by atomic mass is 10.5. The predicted molar refractivity (Wildman–Crippen MR) is 30.6 cm³/mol. The first-order chi connectivity index (χ1) is 4.80. The number of carboxylic acid groups (broad SMARTS) is 1. The van der Waals surface area contributed by atoms with Crippen LogP contribution in [0.3, 0.4) is 0 Å². The van der Waals surface area contributed by atoms with E-state index >= 15 is 0 Å². The molecule has 0 saturated carbocycles. The van der Waals surface area contributed by atoms with Gasteiger partial charge in [0.05, 0.1) is 0 Å². The van der Waals surface area contributed by atoms with Gasteiger partial charge in [0, 0.05) is 6.07 Å². The molecule has 0 atom stereocenters. The van der Waals surface area contributed by atoms with Crippen LogP contribution >= 0.6 is 0 Å². The van der Waals surface area contributed by atoms with Crippen LogP contribution in [0.15, 0.2) is 16.9 Å². The van der Waals surface area contributed by atoms with Crippen molar-refractivity contribution < 1.29 is 19.2 Å². The molecule has 0 radical (unpaired) electrons. The van der Waals surface area contributed by atoms with Crippen molar-refractivity contribution in [3.63, 3.8) is 0 Å². The van der Waals surface area contributed by atoms with Gasteiger partial charge in [0.2, 0.25) is 0 Å². The third-order valence-corrected chi connectivity index (χ3v) is 0.657. The van der Waals surface area contributed by atoms with Crippen molar-refractivity contribution in [2.75, 3.05) is 0 Å². The molecule has 0 bridgehead atoms. The van der Waals surface area contributed by atoms with E-state index in [0.29, 0.717) is 0 Å². The summed E-state index contributed by atoms with van der Waals surface area (Å²) in [5.41, 5.74) is -0.0648. The van der Waals surface area contributed by atoms with Crippen LogP contribution in [-0.4, -0.2) is 23.0 Å². The lowest BCUT2D eigenvalue weighted by Crippen LogP contribution is -1.94. The highest BCUT2D eigenvalue weighted by Crippen LogP contribution is 1.91. The van der Waals surface area contributed by atoms with Gasteiger partial charge in [-0.25, -0.2) is 4.79 Å². The molecule has 0 aliphatic heterocycles. The predicted octanol–water partition coefficient (Wildman–Crippen LogP) is 0.188. The molecule has 54 valence electrons. The number of carbonyl (C=O) groups excluding carboxylic acids is 1. The summed E-state index contributed by atoms with van der Waals surface area (Å²) >= 11 is 0. The molecule has 10 heavy (non-hydrogen) atoms. The fourth-order valence-corrected chi connectivity index (χ4v) is 0.323. The van der Waals surface area contributed by atoms with Crippen molar-refractivity contribution in [3.05, 3.63) is 18.0 Å². The monoisotopic (exact) mass is 143 g/mol. The molecule has 5 nitrogen and oxygen atoms in total. The minimum absolute atomic E-state index is 0.0648. The Balaban J connectivity index is 0.000000371. The molecule has 0 unspecified atom stereocenters. The maximum absolute atomic E-state index is 9.94. The fourth-order valence-electron chi connectivity index (χ4n) is 0.323. The Kier molecular flexibility index (Phi) is 3.55. The largest absolute Gasteiger partial charge is 0.476 e. The second kappa shape index (κ2) is 4.25. The summed E-state index contributed by atoms with van der Waals surface area (Å²) in [4.78, 5) is 17.9. The molecule has 0 saturated heterocycles. The summed E-state index contributed by atoms with van der Waals surface area (Å²) in [6, 6.07) is 1.28. The van der Waals surface area contributed by atoms with Gasteiger partial charge < -0.3 is 14.4 Å². The molecule has 1 heterocycles. The van der Waals surface area contributed by atoms with Gasteiger partial charge in [-0.3, -0.25) is 0 Å². The number of hydrogen-bond donors (Lipinski definition) is 1. The number of aromatic carboxylic acids is 1. The van der Waals surface area contributed by atoms with Crippen molar-refractivity contribution in [1.82, 2.24) is 5.16 Å². The van der Waals surface area contributed by atoms with Gasteiger partial charge in [0.15, 0.2) is 5.69 Å². The van der Waals surface area contributed by atoms with E-state index in [1.54, 1.807) is 0 Å². The molecule has 0 aliphatic carbocycles. The van der Waals surface area contributed by atoms with Gasteiger partial charge in [0.25, 0.3) is 0 Å². The zero-order chi connectivity index (χ0) is 7.98. The van der Waals surface area contributed by atoms with E-state index in [9.17, 15) is 4.79 Å². The van der Waals surface area contributed by atoms with Crippen molar-refractivity contribution in [3.8, 4) is 0 Å². The highest BCUT2D eigenvalue weighted by Gasteiger charge is 2.02. The quantitative estimate of drug-likeness (QED) is 0.606. The van der Waals surface area contributed by atoms with Crippen LogP contribution in [0.25, 0.3) is 0 Å². The van der Waals surface area contributed by atoms with Crippen LogP contribution < -0.4 is 0 Å². The molecule has 1 rings (SSSR count). The maximum atomic E-state index is 9.94. The molecule has 0 amide bonds. The van der Waals surface area contributed by atoms with Crippen LogP contribution in [0.2, 0.25) is 0 Å². The molecular weight excluding hydrogens is 138 g/mol. The number of carbonyl (C=O) groups is 2. The van der Waals surface area contributed by atoms with E-state index in [1.165, 1.54) is 12.3 Å². The van der Waals surface area contributed by atoms with E-state index in [1.807, 2.05) is 6.79 Å². The summed E-state index contributed by atoms with van der Waals surface area (Å²) in [7, 11) is 0. The molecule has 5 heteroatoms. The lowest BCUT2D eigenvalue weighted by Gasteiger charge is -1.75. The highest BCUT2D eigenvalue weighted by molar-refractivity contribution is 5.84. The standard InChI is InChI=1S/C4H3NO3.CH2O/c6-4(7)3-1-2-8-5-3;1-2/h1-2H,(H,6,7);1H2. The normalized spacial score (nSPS) is 7.60. The number of rotatable bonds is 1. The van der Waals surface area contributed by atoms with E-state index in [2.05, 4.69) is 9.68 Å². The lowest BCUT2D eigenvalue weighted by molar-refractivity contribution is -0.0980. The molecule has 0 aliphatic rings. The Labute approximate surface area is 56.2 Å². The SMILES string of the molecule is C=O.O=C(O)c1ccon1. The first-order valence-corrected chi connectivity index (χ1v) is 2.23. The summed E-state index contributed by atoms with van der Waals surface area (Å²) in [5, 5.41) is 11.3. The van der Waals surface area contributed by atoms with Crippen LogP contribution in [-0.2, 0) is 4.79 Å². The Morgan fingerprint density at radius 2 is 2.30 bits per heavy atom. The minimum Gasteiger partial charge on any atom is -0.476 e. The average molecular weight is 143 g/mol. The second-order valence-corrected chi connectivity index (χ2v) is 1.19.